The van der Waals surface area contributed by atoms with Gasteiger partial charge in [0.1, 0.15) is 0 Å². The summed E-state index contributed by atoms with van der Waals surface area (Å²) in [6.45, 7) is 4.05. The van der Waals surface area contributed by atoms with Crippen LogP contribution in [0, 0.1) is 5.92 Å². The van der Waals surface area contributed by atoms with Gasteiger partial charge >= 0.3 is 0 Å². The summed E-state index contributed by atoms with van der Waals surface area (Å²) in [4.78, 5) is 0. The second-order valence-electron chi connectivity index (χ2n) is 5.45. The standard InChI is InChI=1S/C16H25NO/c1-13-7-3-6-10-16(13)17-11-14-8-4-5-9-15(14)12-18-2/h4-5,8-9,13,16-17H,3,6-7,10-12H2,1-2H3. The molecular formula is C16H25NO. The van der Waals surface area contributed by atoms with Crippen LogP contribution in [0.2, 0.25) is 0 Å². The summed E-state index contributed by atoms with van der Waals surface area (Å²) in [7, 11) is 1.76. The SMILES string of the molecule is COCc1ccccc1CNC1CCCCC1C. The summed E-state index contributed by atoms with van der Waals surface area (Å²) in [5.41, 5.74) is 2.67. The molecule has 1 N–H and O–H groups in total. The largest absolute Gasteiger partial charge is 0.380 e. The van der Waals surface area contributed by atoms with Crippen molar-refractivity contribution >= 4 is 0 Å². The van der Waals surface area contributed by atoms with Gasteiger partial charge < -0.3 is 10.1 Å². The molecule has 1 aromatic carbocycles. The molecule has 100 valence electrons. The van der Waals surface area contributed by atoms with E-state index in [1.807, 2.05) is 0 Å². The predicted octanol–water partition coefficient (Wildman–Crippen LogP) is 3.50. The molecule has 2 nitrogen and oxygen atoms in total. The molecule has 1 aliphatic carbocycles. The molecule has 0 spiro atoms. The van der Waals surface area contributed by atoms with Crippen LogP contribution in [0.15, 0.2) is 24.3 Å². The first kappa shape index (κ1) is 13.6. The zero-order valence-electron chi connectivity index (χ0n) is 11.6. The van der Waals surface area contributed by atoms with Gasteiger partial charge in [0.05, 0.1) is 6.61 Å². The molecule has 2 atom stereocenters. The number of methoxy groups -OCH3 is 1. The highest BCUT2D eigenvalue weighted by Gasteiger charge is 2.20. The van der Waals surface area contributed by atoms with E-state index >= 15 is 0 Å². The molecule has 1 fully saturated rings. The molecule has 2 heteroatoms. The van der Waals surface area contributed by atoms with Crippen molar-refractivity contribution in [2.45, 2.75) is 51.8 Å². The fourth-order valence-electron chi connectivity index (χ4n) is 2.89. The number of nitrogens with one attached hydrogen (secondary N) is 1. The fraction of sp³-hybridized carbons (Fsp3) is 0.625. The average Bonchev–Trinajstić information content (AvgIpc) is 2.40. The van der Waals surface area contributed by atoms with Gasteiger partial charge in [0.2, 0.25) is 0 Å². The molecule has 1 aromatic rings. The topological polar surface area (TPSA) is 21.3 Å². The van der Waals surface area contributed by atoms with Gasteiger partial charge in [-0.05, 0) is 29.9 Å². The summed E-state index contributed by atoms with van der Waals surface area (Å²) >= 11 is 0. The van der Waals surface area contributed by atoms with Gasteiger partial charge in [-0.2, -0.15) is 0 Å². The minimum absolute atomic E-state index is 0.689. The van der Waals surface area contributed by atoms with Gasteiger partial charge in [-0.15, -0.1) is 0 Å². The highest BCUT2D eigenvalue weighted by Crippen LogP contribution is 2.24. The lowest BCUT2D eigenvalue weighted by Gasteiger charge is -2.30. The summed E-state index contributed by atoms with van der Waals surface area (Å²) in [6.07, 6.45) is 5.48. The summed E-state index contributed by atoms with van der Waals surface area (Å²) < 4.78 is 5.25. The van der Waals surface area contributed by atoms with Gasteiger partial charge in [0.15, 0.2) is 0 Å². The van der Waals surface area contributed by atoms with Crippen molar-refractivity contribution in [1.82, 2.24) is 5.32 Å². The zero-order valence-corrected chi connectivity index (χ0v) is 11.6. The number of hydrogen-bond donors (Lipinski definition) is 1. The van der Waals surface area contributed by atoms with Crippen LogP contribution < -0.4 is 5.32 Å². The Morgan fingerprint density at radius 3 is 2.61 bits per heavy atom. The first-order valence-electron chi connectivity index (χ1n) is 7.10. The van der Waals surface area contributed by atoms with Crippen LogP contribution in [-0.4, -0.2) is 13.2 Å². The van der Waals surface area contributed by atoms with Crippen molar-refractivity contribution in [2.75, 3.05) is 7.11 Å². The minimum Gasteiger partial charge on any atom is -0.380 e. The van der Waals surface area contributed by atoms with Crippen LogP contribution in [0.4, 0.5) is 0 Å². The molecular weight excluding hydrogens is 222 g/mol. The quantitative estimate of drug-likeness (QED) is 0.860. The van der Waals surface area contributed by atoms with Gasteiger partial charge in [-0.25, -0.2) is 0 Å². The Morgan fingerprint density at radius 2 is 1.89 bits per heavy atom. The Labute approximate surface area is 111 Å². The van der Waals surface area contributed by atoms with E-state index < -0.39 is 0 Å². The van der Waals surface area contributed by atoms with Crippen LogP contribution in [0.1, 0.15) is 43.7 Å². The Bertz CT molecular complexity index is 364. The lowest BCUT2D eigenvalue weighted by atomic mass is 9.86. The second kappa shape index (κ2) is 6.91. The summed E-state index contributed by atoms with van der Waals surface area (Å²) in [5, 5.41) is 3.73. The van der Waals surface area contributed by atoms with Crippen molar-refractivity contribution in [1.29, 1.82) is 0 Å². The van der Waals surface area contributed by atoms with E-state index in [0.29, 0.717) is 12.6 Å². The maximum absolute atomic E-state index is 5.25. The smallest absolute Gasteiger partial charge is 0.0716 e. The molecule has 0 amide bonds. The molecule has 0 bridgehead atoms. The van der Waals surface area contributed by atoms with Crippen molar-refractivity contribution in [3.05, 3.63) is 35.4 Å². The van der Waals surface area contributed by atoms with Gasteiger partial charge in [-0.3, -0.25) is 0 Å². The first-order valence-corrected chi connectivity index (χ1v) is 7.10. The van der Waals surface area contributed by atoms with E-state index in [4.69, 9.17) is 4.74 Å². The van der Waals surface area contributed by atoms with Crippen LogP contribution in [0.5, 0.6) is 0 Å². The third-order valence-corrected chi connectivity index (χ3v) is 4.08. The van der Waals surface area contributed by atoms with Gasteiger partial charge in [0.25, 0.3) is 0 Å². The van der Waals surface area contributed by atoms with Gasteiger partial charge in [-0.1, -0.05) is 44.0 Å². The number of ether oxygens (including phenoxy) is 1. The lowest BCUT2D eigenvalue weighted by Crippen LogP contribution is -2.36. The highest BCUT2D eigenvalue weighted by atomic mass is 16.5. The summed E-state index contributed by atoms with van der Waals surface area (Å²) in [5.74, 6) is 0.813. The van der Waals surface area contributed by atoms with Crippen molar-refractivity contribution < 1.29 is 4.74 Å². The molecule has 0 aliphatic heterocycles. The van der Waals surface area contributed by atoms with E-state index in [-0.39, 0.29) is 0 Å². The second-order valence-corrected chi connectivity index (χ2v) is 5.45. The molecule has 0 radical (unpaired) electrons. The first-order chi connectivity index (χ1) is 8.81. The molecule has 2 rings (SSSR count). The maximum Gasteiger partial charge on any atom is 0.0716 e. The lowest BCUT2D eigenvalue weighted by molar-refractivity contribution is 0.183. The third kappa shape index (κ3) is 3.56. The molecule has 1 saturated carbocycles. The molecule has 0 aromatic heterocycles. The number of benzene rings is 1. The third-order valence-electron chi connectivity index (χ3n) is 4.08. The molecule has 0 heterocycles. The predicted molar refractivity (Wildman–Crippen MR) is 75.4 cm³/mol. The van der Waals surface area contributed by atoms with Gasteiger partial charge in [0, 0.05) is 19.7 Å². The minimum atomic E-state index is 0.689. The van der Waals surface area contributed by atoms with E-state index in [0.717, 1.165) is 12.5 Å². The van der Waals surface area contributed by atoms with E-state index in [1.54, 1.807) is 7.11 Å². The van der Waals surface area contributed by atoms with Crippen LogP contribution in [0.3, 0.4) is 0 Å². The Hall–Kier alpha value is -0.860. The number of rotatable bonds is 5. The molecule has 18 heavy (non-hydrogen) atoms. The van der Waals surface area contributed by atoms with E-state index in [9.17, 15) is 0 Å². The average molecular weight is 247 g/mol. The zero-order chi connectivity index (χ0) is 12.8. The van der Waals surface area contributed by atoms with E-state index in [1.165, 1.54) is 36.8 Å². The summed E-state index contributed by atoms with van der Waals surface area (Å²) in [6, 6.07) is 9.25. The maximum atomic E-state index is 5.25. The van der Waals surface area contributed by atoms with Crippen LogP contribution >= 0.6 is 0 Å². The van der Waals surface area contributed by atoms with Crippen molar-refractivity contribution in [3.63, 3.8) is 0 Å². The monoisotopic (exact) mass is 247 g/mol. The fourth-order valence-corrected chi connectivity index (χ4v) is 2.89. The Morgan fingerprint density at radius 1 is 1.17 bits per heavy atom. The normalized spacial score (nSPS) is 24.1. The number of hydrogen-bond acceptors (Lipinski definition) is 2. The van der Waals surface area contributed by atoms with E-state index in [2.05, 4.69) is 36.5 Å². The highest BCUT2D eigenvalue weighted by molar-refractivity contribution is 5.26. The van der Waals surface area contributed by atoms with Crippen LogP contribution in [0.25, 0.3) is 0 Å². The Kier molecular flexibility index (Phi) is 5.21. The Balaban J connectivity index is 1.92. The molecule has 0 saturated heterocycles. The molecule has 2 unspecified atom stereocenters. The molecule has 1 aliphatic rings. The van der Waals surface area contributed by atoms with Crippen LogP contribution in [-0.2, 0) is 17.9 Å². The van der Waals surface area contributed by atoms with Crippen molar-refractivity contribution in [3.8, 4) is 0 Å². The van der Waals surface area contributed by atoms with Crippen molar-refractivity contribution in [2.24, 2.45) is 5.92 Å².